The molecule has 1 aromatic carbocycles. The van der Waals surface area contributed by atoms with Gasteiger partial charge in [-0.25, -0.2) is 0 Å². The highest BCUT2D eigenvalue weighted by atomic mass is 32.2. The van der Waals surface area contributed by atoms with Gasteiger partial charge in [-0.15, -0.1) is 0 Å². The molecule has 0 amide bonds. The van der Waals surface area contributed by atoms with Crippen LogP contribution in [0.5, 0.6) is 5.75 Å². The van der Waals surface area contributed by atoms with E-state index in [2.05, 4.69) is 4.18 Å². The second kappa shape index (κ2) is 11.8. The number of halogens is 3. The molecule has 1 fully saturated rings. The number of hydrogen-bond donors (Lipinski definition) is 0. The summed E-state index contributed by atoms with van der Waals surface area (Å²) in [5.74, 6) is -3.95. The molecule has 1 aliphatic heterocycles. The fourth-order valence-corrected chi connectivity index (χ4v) is 3.84. The molecule has 0 aliphatic carbocycles. The first-order valence-electron chi connectivity index (χ1n) is 10.4. The second-order valence-electron chi connectivity index (χ2n) is 7.67. The fourth-order valence-electron chi connectivity index (χ4n) is 3.38. The van der Waals surface area contributed by atoms with Crippen molar-refractivity contribution < 1.29 is 68.6 Å². The summed E-state index contributed by atoms with van der Waals surface area (Å²) in [5, 5.41) is 0. The lowest BCUT2D eigenvalue weighted by Gasteiger charge is -2.44. The summed E-state index contributed by atoms with van der Waals surface area (Å²) < 4.78 is 91.1. The van der Waals surface area contributed by atoms with E-state index in [0.29, 0.717) is 0 Å². The van der Waals surface area contributed by atoms with Crippen LogP contribution in [0, 0.1) is 0 Å². The number of carbonyl (C=O) groups is 4. The maximum atomic E-state index is 12.6. The van der Waals surface area contributed by atoms with Crippen molar-refractivity contribution in [2.75, 3.05) is 6.61 Å². The summed E-state index contributed by atoms with van der Waals surface area (Å²) in [6, 6.07) is 3.99. The third-order valence-corrected chi connectivity index (χ3v) is 5.67. The summed E-state index contributed by atoms with van der Waals surface area (Å²) in [6.45, 7) is 3.73. The van der Waals surface area contributed by atoms with Crippen molar-refractivity contribution in [1.82, 2.24) is 0 Å². The highest BCUT2D eigenvalue weighted by molar-refractivity contribution is 7.88. The topological polar surface area (TPSA) is 158 Å². The maximum Gasteiger partial charge on any atom is 0.534 e. The van der Waals surface area contributed by atoms with Gasteiger partial charge in [0.25, 0.3) is 0 Å². The van der Waals surface area contributed by atoms with Crippen LogP contribution in [0.25, 0.3) is 0 Å². The molecular formula is C21H23F3O12S. The van der Waals surface area contributed by atoms with Gasteiger partial charge < -0.3 is 27.9 Å². The van der Waals surface area contributed by atoms with Gasteiger partial charge in [0, 0.05) is 27.7 Å². The average molecular weight is 556 g/mol. The summed E-state index contributed by atoms with van der Waals surface area (Å²) in [5.41, 5.74) is -5.56. The molecule has 1 aromatic rings. The Bertz CT molecular complexity index is 1120. The molecule has 1 saturated heterocycles. The summed E-state index contributed by atoms with van der Waals surface area (Å²) in [4.78, 5) is 46.8. The third kappa shape index (κ3) is 8.04. The Morgan fingerprint density at radius 1 is 0.811 bits per heavy atom. The zero-order chi connectivity index (χ0) is 28.1. The molecule has 0 aromatic heterocycles. The number of ether oxygens (including phenoxy) is 5. The van der Waals surface area contributed by atoms with E-state index in [1.54, 1.807) is 0 Å². The summed E-state index contributed by atoms with van der Waals surface area (Å²) in [7, 11) is -5.94. The number of alkyl halides is 3. The standard InChI is InChI=1S/C21H23F3O12S/c1-10(25)31-9-16-18(32-11(2)26)20(34-13(4)28)19(33-12(3)27)17(35-16)14-5-7-15(8-6-14)36-37(29,30)21(22,23)24/h5-8,16-20H,9H2,1-4H3/t16-,17?,18-,19-,20+/m1/s1. The number of benzene rings is 1. The van der Waals surface area contributed by atoms with Crippen LogP contribution in [-0.2, 0) is 53.0 Å². The predicted molar refractivity (Wildman–Crippen MR) is 113 cm³/mol. The third-order valence-electron chi connectivity index (χ3n) is 4.69. The second-order valence-corrected chi connectivity index (χ2v) is 9.21. The molecule has 1 unspecified atom stereocenters. The Hall–Kier alpha value is -3.40. The van der Waals surface area contributed by atoms with E-state index in [1.807, 2.05) is 0 Å². The van der Waals surface area contributed by atoms with Gasteiger partial charge >= 0.3 is 39.5 Å². The number of rotatable bonds is 8. The Morgan fingerprint density at radius 3 is 1.76 bits per heavy atom. The molecule has 0 radical (unpaired) electrons. The predicted octanol–water partition coefficient (Wildman–Crippen LogP) is 1.71. The highest BCUT2D eigenvalue weighted by Gasteiger charge is 2.53. The van der Waals surface area contributed by atoms with E-state index in [1.165, 1.54) is 0 Å². The van der Waals surface area contributed by atoms with Gasteiger partial charge in [-0.3, -0.25) is 19.2 Å². The Morgan fingerprint density at radius 2 is 1.30 bits per heavy atom. The molecule has 0 saturated carbocycles. The smallest absolute Gasteiger partial charge is 0.463 e. The summed E-state index contributed by atoms with van der Waals surface area (Å²) >= 11 is 0. The van der Waals surface area contributed by atoms with Crippen molar-refractivity contribution in [3.8, 4) is 5.75 Å². The van der Waals surface area contributed by atoms with E-state index in [-0.39, 0.29) is 5.56 Å². The van der Waals surface area contributed by atoms with Gasteiger partial charge in [-0.1, -0.05) is 12.1 Å². The van der Waals surface area contributed by atoms with Crippen LogP contribution >= 0.6 is 0 Å². The van der Waals surface area contributed by atoms with Crippen LogP contribution in [-0.4, -0.2) is 68.8 Å². The van der Waals surface area contributed by atoms with Gasteiger partial charge in [-0.2, -0.15) is 21.6 Å². The molecular weight excluding hydrogens is 533 g/mol. The zero-order valence-corrected chi connectivity index (χ0v) is 20.7. The van der Waals surface area contributed by atoms with Crippen LogP contribution < -0.4 is 4.18 Å². The van der Waals surface area contributed by atoms with Crippen molar-refractivity contribution in [3.05, 3.63) is 29.8 Å². The van der Waals surface area contributed by atoms with Gasteiger partial charge in [0.1, 0.15) is 24.6 Å². The van der Waals surface area contributed by atoms with Crippen molar-refractivity contribution in [2.24, 2.45) is 0 Å². The molecule has 37 heavy (non-hydrogen) atoms. The van der Waals surface area contributed by atoms with Crippen molar-refractivity contribution in [2.45, 2.75) is 63.7 Å². The molecule has 0 bridgehead atoms. The van der Waals surface area contributed by atoms with Gasteiger partial charge in [0.2, 0.25) is 0 Å². The van der Waals surface area contributed by atoms with Crippen LogP contribution in [0.15, 0.2) is 24.3 Å². The molecule has 1 aliphatic rings. The average Bonchev–Trinajstić information content (AvgIpc) is 2.74. The van der Waals surface area contributed by atoms with Gasteiger partial charge in [-0.05, 0) is 17.7 Å². The van der Waals surface area contributed by atoms with Gasteiger partial charge in [0.15, 0.2) is 18.3 Å². The van der Waals surface area contributed by atoms with E-state index >= 15 is 0 Å². The minimum Gasteiger partial charge on any atom is -0.463 e. The SMILES string of the molecule is CC(=O)OC[C@H]1OC(c2ccc(OS(=O)(=O)C(F)(F)F)cc2)[C@@H](OC(C)=O)[C@@H](OC(C)=O)[C@@H]1OC(C)=O. The first-order chi connectivity index (χ1) is 17.0. The number of esters is 4. The first-order valence-corrected chi connectivity index (χ1v) is 11.8. The molecule has 0 spiro atoms. The molecule has 12 nitrogen and oxygen atoms in total. The monoisotopic (exact) mass is 556 g/mol. The molecule has 0 N–H and O–H groups in total. The molecule has 206 valence electrons. The minimum atomic E-state index is -5.94. The fraction of sp³-hybridized carbons (Fsp3) is 0.524. The van der Waals surface area contributed by atoms with Crippen LogP contribution in [0.4, 0.5) is 13.2 Å². The summed E-state index contributed by atoms with van der Waals surface area (Å²) in [6.07, 6.45) is -6.89. The Kier molecular flexibility index (Phi) is 9.49. The highest BCUT2D eigenvalue weighted by Crippen LogP contribution is 2.38. The maximum absolute atomic E-state index is 12.6. The van der Waals surface area contributed by atoms with E-state index < -0.39 is 82.4 Å². The van der Waals surface area contributed by atoms with Crippen LogP contribution in [0.3, 0.4) is 0 Å². The number of hydrogen-bond acceptors (Lipinski definition) is 12. The van der Waals surface area contributed by atoms with Crippen LogP contribution in [0.2, 0.25) is 0 Å². The molecule has 2 rings (SSSR count). The van der Waals surface area contributed by atoms with Crippen LogP contribution in [0.1, 0.15) is 39.4 Å². The van der Waals surface area contributed by atoms with Crippen molar-refractivity contribution in [3.63, 3.8) is 0 Å². The van der Waals surface area contributed by atoms with Gasteiger partial charge in [0.05, 0.1) is 0 Å². The largest absolute Gasteiger partial charge is 0.534 e. The first kappa shape index (κ1) is 29.8. The van der Waals surface area contributed by atoms with Crippen molar-refractivity contribution in [1.29, 1.82) is 0 Å². The minimum absolute atomic E-state index is 0.106. The Balaban J connectivity index is 2.51. The molecule has 5 atom stereocenters. The lowest BCUT2D eigenvalue weighted by atomic mass is 9.90. The normalized spacial score (nSPS) is 23.9. The zero-order valence-electron chi connectivity index (χ0n) is 19.8. The molecule has 16 heteroatoms. The quantitative estimate of drug-likeness (QED) is 0.198. The number of carbonyl (C=O) groups excluding carboxylic acids is 4. The molecule has 1 heterocycles. The van der Waals surface area contributed by atoms with E-state index in [9.17, 15) is 40.8 Å². The lowest BCUT2D eigenvalue weighted by molar-refractivity contribution is -0.254. The lowest BCUT2D eigenvalue weighted by Crippen LogP contribution is -2.59. The van der Waals surface area contributed by atoms with E-state index in [0.717, 1.165) is 52.0 Å². The van der Waals surface area contributed by atoms with E-state index in [4.69, 9.17) is 23.7 Å². The van der Waals surface area contributed by atoms with Crippen molar-refractivity contribution >= 4 is 34.0 Å². The Labute approximate surface area is 209 Å².